The molecule has 6 nitrogen and oxygen atoms in total. The van der Waals surface area contributed by atoms with Gasteiger partial charge in [-0.25, -0.2) is 14.8 Å². The molecule has 0 bridgehead atoms. The average molecular weight is 284 g/mol. The second kappa shape index (κ2) is 5.53. The predicted octanol–water partition coefficient (Wildman–Crippen LogP) is 0.802. The highest BCUT2D eigenvalue weighted by molar-refractivity contribution is 6.68. The normalized spacial score (nSPS) is 13.0. The summed E-state index contributed by atoms with van der Waals surface area (Å²) in [5, 5.41) is 9.76. The number of benzene rings is 1. The molecule has 0 fully saturated rings. The van der Waals surface area contributed by atoms with Gasteiger partial charge in [0.15, 0.2) is 5.69 Å². The molecule has 0 unspecified atom stereocenters. The molecule has 0 aliphatic carbocycles. The highest BCUT2D eigenvalue weighted by Crippen LogP contribution is 2.23. The maximum atomic E-state index is 11.3. The van der Waals surface area contributed by atoms with Crippen molar-refractivity contribution in [1.29, 1.82) is 0 Å². The maximum absolute atomic E-state index is 11.3. The van der Waals surface area contributed by atoms with Crippen LogP contribution in [0.25, 0.3) is 0 Å². The topological polar surface area (TPSA) is 81.5 Å². The van der Waals surface area contributed by atoms with Crippen LogP contribution in [0.5, 0.6) is 11.6 Å². The molecule has 106 valence electrons. The molecular formula is C14H13BN2O4. The van der Waals surface area contributed by atoms with E-state index in [0.717, 1.165) is 23.8 Å². The number of fused-ring (bicyclic) bond motifs is 1. The third kappa shape index (κ3) is 2.73. The van der Waals surface area contributed by atoms with Crippen molar-refractivity contribution < 1.29 is 19.3 Å². The Morgan fingerprint density at radius 2 is 2.19 bits per heavy atom. The maximum Gasteiger partial charge on any atom is 0.358 e. The molecule has 3 rings (SSSR count). The highest BCUT2D eigenvalue weighted by atomic mass is 16.5. The van der Waals surface area contributed by atoms with E-state index in [2.05, 4.69) is 14.7 Å². The number of rotatable bonds is 3. The van der Waals surface area contributed by atoms with Crippen LogP contribution in [0.2, 0.25) is 6.32 Å². The first kappa shape index (κ1) is 13.6. The van der Waals surface area contributed by atoms with Crippen LogP contribution in [0.4, 0.5) is 0 Å². The van der Waals surface area contributed by atoms with Crippen molar-refractivity contribution in [2.24, 2.45) is 0 Å². The summed E-state index contributed by atoms with van der Waals surface area (Å²) in [4.78, 5) is 19.2. The number of hydrogen-bond acceptors (Lipinski definition) is 6. The standard InChI is InChI=1S/C14H13BN2O4/c1-20-14(18)12-7-17-13(8-16-12)21-10-2-3-11-9(6-10)4-5-15(11)19/h2-3,6-8,19H,4-5H2,1H3. The number of nitrogens with zero attached hydrogens (tertiary/aromatic N) is 2. The quantitative estimate of drug-likeness (QED) is 0.663. The van der Waals surface area contributed by atoms with Crippen molar-refractivity contribution in [3.8, 4) is 11.6 Å². The van der Waals surface area contributed by atoms with Crippen LogP contribution in [0.1, 0.15) is 16.1 Å². The van der Waals surface area contributed by atoms with E-state index < -0.39 is 5.97 Å². The Labute approximate surface area is 121 Å². The van der Waals surface area contributed by atoms with Crippen LogP contribution in [0.15, 0.2) is 30.6 Å². The molecule has 2 aromatic rings. The fourth-order valence-electron chi connectivity index (χ4n) is 2.33. The highest BCUT2D eigenvalue weighted by Gasteiger charge is 2.24. The van der Waals surface area contributed by atoms with Crippen LogP contribution < -0.4 is 10.2 Å². The lowest BCUT2D eigenvalue weighted by Crippen LogP contribution is -2.25. The summed E-state index contributed by atoms with van der Waals surface area (Å²) in [6.07, 6.45) is 4.25. The lowest BCUT2D eigenvalue weighted by atomic mass is 9.63. The molecule has 0 saturated heterocycles. The van der Waals surface area contributed by atoms with Crippen molar-refractivity contribution in [2.45, 2.75) is 12.7 Å². The average Bonchev–Trinajstić information content (AvgIpc) is 2.88. The number of methoxy groups -OCH3 is 1. The van der Waals surface area contributed by atoms with Gasteiger partial charge in [-0.1, -0.05) is 6.07 Å². The van der Waals surface area contributed by atoms with E-state index in [1.54, 1.807) is 6.07 Å². The summed E-state index contributed by atoms with van der Waals surface area (Å²) < 4.78 is 10.1. The van der Waals surface area contributed by atoms with Gasteiger partial charge in [-0.15, -0.1) is 0 Å². The van der Waals surface area contributed by atoms with Crippen LogP contribution in [-0.2, 0) is 11.2 Å². The van der Waals surface area contributed by atoms with Crippen molar-refractivity contribution >= 4 is 18.3 Å². The number of ether oxygens (including phenoxy) is 2. The number of esters is 1. The summed E-state index contributed by atoms with van der Waals surface area (Å²) >= 11 is 0. The zero-order valence-corrected chi connectivity index (χ0v) is 11.4. The second-order valence-corrected chi connectivity index (χ2v) is 4.75. The van der Waals surface area contributed by atoms with E-state index in [0.29, 0.717) is 11.6 Å². The lowest BCUT2D eigenvalue weighted by molar-refractivity contribution is 0.0593. The van der Waals surface area contributed by atoms with Gasteiger partial charge >= 0.3 is 12.9 Å². The summed E-state index contributed by atoms with van der Waals surface area (Å²) in [5.74, 6) is 0.379. The van der Waals surface area contributed by atoms with E-state index >= 15 is 0 Å². The molecule has 1 N–H and O–H groups in total. The van der Waals surface area contributed by atoms with Gasteiger partial charge in [-0.2, -0.15) is 0 Å². The van der Waals surface area contributed by atoms with Crippen LogP contribution in [-0.4, -0.2) is 35.0 Å². The fourth-order valence-corrected chi connectivity index (χ4v) is 2.33. The van der Waals surface area contributed by atoms with E-state index in [4.69, 9.17) is 4.74 Å². The zero-order valence-electron chi connectivity index (χ0n) is 11.4. The molecule has 1 aromatic carbocycles. The molecule has 0 radical (unpaired) electrons. The Kier molecular flexibility index (Phi) is 3.58. The summed E-state index contributed by atoms with van der Waals surface area (Å²) in [6.45, 7) is -0.381. The summed E-state index contributed by atoms with van der Waals surface area (Å²) in [7, 11) is 1.29. The van der Waals surface area contributed by atoms with Gasteiger partial charge in [0.25, 0.3) is 0 Å². The van der Waals surface area contributed by atoms with Crippen LogP contribution in [0.3, 0.4) is 0 Å². The molecule has 21 heavy (non-hydrogen) atoms. The van der Waals surface area contributed by atoms with Gasteiger partial charge in [-0.3, -0.25) is 0 Å². The molecule has 0 spiro atoms. The van der Waals surface area contributed by atoms with E-state index in [1.807, 2.05) is 12.1 Å². The minimum Gasteiger partial charge on any atom is -0.464 e. The molecule has 1 aromatic heterocycles. The van der Waals surface area contributed by atoms with Crippen molar-refractivity contribution in [2.75, 3.05) is 7.11 Å². The summed E-state index contributed by atoms with van der Waals surface area (Å²) in [5.41, 5.74) is 2.16. The Bertz CT molecular complexity index is 675. The predicted molar refractivity (Wildman–Crippen MR) is 76.0 cm³/mol. The van der Waals surface area contributed by atoms with Gasteiger partial charge in [0.05, 0.1) is 19.5 Å². The number of aromatic nitrogens is 2. The molecule has 1 aliphatic rings. The smallest absolute Gasteiger partial charge is 0.358 e. The number of carbonyl (C=O) groups is 1. The molecule has 1 aliphatic heterocycles. The van der Waals surface area contributed by atoms with Crippen molar-refractivity contribution in [1.82, 2.24) is 9.97 Å². The van der Waals surface area contributed by atoms with E-state index in [-0.39, 0.29) is 12.6 Å². The third-order valence-corrected chi connectivity index (χ3v) is 3.41. The largest absolute Gasteiger partial charge is 0.464 e. The van der Waals surface area contributed by atoms with Crippen LogP contribution >= 0.6 is 0 Å². The van der Waals surface area contributed by atoms with Gasteiger partial charge in [0, 0.05) is 0 Å². The van der Waals surface area contributed by atoms with Gasteiger partial charge < -0.3 is 14.5 Å². The molecule has 2 heterocycles. The first-order valence-electron chi connectivity index (χ1n) is 6.56. The number of aryl methyl sites for hydroxylation is 1. The lowest BCUT2D eigenvalue weighted by Gasteiger charge is -2.07. The Balaban J connectivity index is 1.76. The molecule has 0 atom stereocenters. The second-order valence-electron chi connectivity index (χ2n) is 4.75. The van der Waals surface area contributed by atoms with Crippen molar-refractivity contribution in [3.05, 3.63) is 41.9 Å². The first-order valence-corrected chi connectivity index (χ1v) is 6.56. The third-order valence-electron chi connectivity index (χ3n) is 3.41. The SMILES string of the molecule is COC(=O)c1cnc(Oc2ccc3c(c2)CCB3O)cn1. The minimum atomic E-state index is -0.541. The van der Waals surface area contributed by atoms with E-state index in [1.165, 1.54) is 19.5 Å². The van der Waals surface area contributed by atoms with Crippen LogP contribution in [0, 0.1) is 0 Å². The minimum absolute atomic E-state index is 0.127. The molecular weight excluding hydrogens is 271 g/mol. The zero-order chi connectivity index (χ0) is 14.8. The number of carbonyl (C=O) groups excluding carboxylic acids is 1. The van der Waals surface area contributed by atoms with Gasteiger partial charge in [-0.05, 0) is 35.9 Å². The first-order chi connectivity index (χ1) is 10.2. The monoisotopic (exact) mass is 284 g/mol. The van der Waals surface area contributed by atoms with Gasteiger partial charge in [0.1, 0.15) is 5.75 Å². The Morgan fingerprint density at radius 3 is 2.90 bits per heavy atom. The molecule has 0 amide bonds. The van der Waals surface area contributed by atoms with E-state index in [9.17, 15) is 9.82 Å². The number of hydrogen-bond donors (Lipinski definition) is 1. The summed E-state index contributed by atoms with van der Waals surface area (Å²) in [6, 6.07) is 5.53. The molecule has 0 saturated carbocycles. The Morgan fingerprint density at radius 1 is 1.33 bits per heavy atom. The Hall–Kier alpha value is -2.41. The van der Waals surface area contributed by atoms with Crippen molar-refractivity contribution in [3.63, 3.8) is 0 Å². The molecule has 7 heteroatoms. The van der Waals surface area contributed by atoms with Gasteiger partial charge in [0.2, 0.25) is 5.88 Å². The fraction of sp³-hybridized carbons (Fsp3) is 0.214.